The topological polar surface area (TPSA) is 87.3 Å². The van der Waals surface area contributed by atoms with Gasteiger partial charge in [0.2, 0.25) is 11.8 Å². The molecule has 2 atom stereocenters. The van der Waals surface area contributed by atoms with E-state index in [4.69, 9.17) is 0 Å². The van der Waals surface area contributed by atoms with Crippen molar-refractivity contribution in [3.05, 3.63) is 71.8 Å². The lowest BCUT2D eigenvalue weighted by molar-refractivity contribution is -0.130. The zero-order chi connectivity index (χ0) is 19.1. The van der Waals surface area contributed by atoms with Gasteiger partial charge in [-0.3, -0.25) is 14.4 Å². The van der Waals surface area contributed by atoms with Crippen molar-refractivity contribution >= 4 is 17.7 Å². The fourth-order valence-corrected chi connectivity index (χ4v) is 3.07. The largest absolute Gasteiger partial charge is 0.354 e. The highest BCUT2D eigenvalue weighted by atomic mass is 16.2. The van der Waals surface area contributed by atoms with Crippen molar-refractivity contribution in [1.29, 1.82) is 0 Å². The van der Waals surface area contributed by atoms with Crippen LogP contribution >= 0.6 is 0 Å². The molecule has 0 aromatic heterocycles. The fraction of sp³-hybridized carbons (Fsp3) is 0.286. The van der Waals surface area contributed by atoms with Crippen LogP contribution in [0.15, 0.2) is 60.7 Å². The Morgan fingerprint density at radius 1 is 1.04 bits per heavy atom. The van der Waals surface area contributed by atoms with Gasteiger partial charge in [0.1, 0.15) is 12.1 Å². The van der Waals surface area contributed by atoms with Crippen LogP contribution in [-0.2, 0) is 16.0 Å². The van der Waals surface area contributed by atoms with Crippen LogP contribution in [0.1, 0.15) is 28.8 Å². The molecule has 3 rings (SSSR count). The second-order valence-corrected chi connectivity index (χ2v) is 6.58. The molecular formula is C21H23N3O3. The zero-order valence-corrected chi connectivity index (χ0v) is 15.0. The van der Waals surface area contributed by atoms with Crippen LogP contribution in [0.2, 0.25) is 0 Å². The number of benzene rings is 2. The monoisotopic (exact) mass is 365 g/mol. The van der Waals surface area contributed by atoms with E-state index in [9.17, 15) is 14.4 Å². The third kappa shape index (κ3) is 5.17. The molecule has 3 N–H and O–H groups in total. The molecule has 0 radical (unpaired) electrons. The van der Waals surface area contributed by atoms with Crippen LogP contribution in [-0.4, -0.2) is 36.3 Å². The summed E-state index contributed by atoms with van der Waals surface area (Å²) in [6, 6.07) is 16.9. The molecule has 27 heavy (non-hydrogen) atoms. The van der Waals surface area contributed by atoms with E-state index in [-0.39, 0.29) is 17.7 Å². The third-order valence-electron chi connectivity index (χ3n) is 4.54. The lowest BCUT2D eigenvalue weighted by Crippen LogP contribution is -2.56. The molecule has 0 aliphatic carbocycles. The predicted molar refractivity (Wildman–Crippen MR) is 102 cm³/mol. The van der Waals surface area contributed by atoms with E-state index < -0.39 is 12.1 Å². The summed E-state index contributed by atoms with van der Waals surface area (Å²) in [7, 11) is 0. The highest BCUT2D eigenvalue weighted by Crippen LogP contribution is 2.08. The van der Waals surface area contributed by atoms with E-state index >= 15 is 0 Å². The molecule has 6 nitrogen and oxygen atoms in total. The molecule has 1 saturated heterocycles. The summed E-state index contributed by atoms with van der Waals surface area (Å²) in [4.78, 5) is 37.3. The van der Waals surface area contributed by atoms with Crippen molar-refractivity contribution in [2.24, 2.45) is 0 Å². The molecule has 0 spiro atoms. The quantitative estimate of drug-likeness (QED) is 0.724. The number of carbonyl (C=O) groups excluding carboxylic acids is 3. The van der Waals surface area contributed by atoms with Gasteiger partial charge in [-0.25, -0.2) is 0 Å². The number of amides is 3. The maximum atomic E-state index is 12.8. The van der Waals surface area contributed by atoms with Crippen LogP contribution in [0.3, 0.4) is 0 Å². The Morgan fingerprint density at radius 3 is 2.37 bits per heavy atom. The molecule has 1 fully saturated rings. The smallest absolute Gasteiger partial charge is 0.251 e. The highest BCUT2D eigenvalue weighted by Gasteiger charge is 2.28. The van der Waals surface area contributed by atoms with Crippen molar-refractivity contribution in [1.82, 2.24) is 16.0 Å². The summed E-state index contributed by atoms with van der Waals surface area (Å²) in [5, 5.41) is 8.34. The third-order valence-corrected chi connectivity index (χ3v) is 4.54. The Bertz CT molecular complexity index is 793. The van der Waals surface area contributed by atoms with Gasteiger partial charge in [0.15, 0.2) is 0 Å². The van der Waals surface area contributed by atoms with Crippen molar-refractivity contribution in [3.8, 4) is 0 Å². The van der Waals surface area contributed by atoms with E-state index in [1.165, 1.54) is 0 Å². The predicted octanol–water partition coefficient (Wildman–Crippen LogP) is 1.42. The Balaban J connectivity index is 1.73. The Labute approximate surface area is 158 Å². The maximum Gasteiger partial charge on any atom is 0.251 e. The first-order valence-electron chi connectivity index (χ1n) is 9.11. The molecule has 1 heterocycles. The van der Waals surface area contributed by atoms with Gasteiger partial charge >= 0.3 is 0 Å². The minimum Gasteiger partial charge on any atom is -0.354 e. The lowest BCUT2D eigenvalue weighted by Gasteiger charge is -2.26. The maximum absolute atomic E-state index is 12.8. The molecule has 2 aromatic rings. The minimum absolute atomic E-state index is 0.178. The first kappa shape index (κ1) is 18.6. The second kappa shape index (κ2) is 8.98. The van der Waals surface area contributed by atoms with Gasteiger partial charge in [0.25, 0.3) is 5.91 Å². The molecule has 3 amide bonds. The molecule has 1 aliphatic heterocycles. The van der Waals surface area contributed by atoms with Gasteiger partial charge in [-0.1, -0.05) is 48.5 Å². The van der Waals surface area contributed by atoms with Crippen molar-refractivity contribution < 1.29 is 14.4 Å². The summed E-state index contributed by atoms with van der Waals surface area (Å²) >= 11 is 0. The normalized spacial score (nSPS) is 17.5. The Morgan fingerprint density at radius 2 is 1.70 bits per heavy atom. The highest BCUT2D eigenvalue weighted by molar-refractivity contribution is 5.98. The van der Waals surface area contributed by atoms with Crippen LogP contribution in [0.5, 0.6) is 0 Å². The van der Waals surface area contributed by atoms with Gasteiger partial charge in [0, 0.05) is 18.5 Å². The summed E-state index contributed by atoms with van der Waals surface area (Å²) in [6.07, 6.45) is 1.76. The number of hydrogen-bond acceptors (Lipinski definition) is 3. The van der Waals surface area contributed by atoms with Gasteiger partial charge < -0.3 is 16.0 Å². The van der Waals surface area contributed by atoms with Crippen molar-refractivity contribution in [2.45, 2.75) is 31.3 Å². The van der Waals surface area contributed by atoms with E-state index in [0.29, 0.717) is 24.9 Å². The zero-order valence-electron chi connectivity index (χ0n) is 15.0. The Hall–Kier alpha value is -3.15. The fourth-order valence-electron chi connectivity index (χ4n) is 3.07. The van der Waals surface area contributed by atoms with Crippen molar-refractivity contribution in [2.75, 3.05) is 6.54 Å². The first-order chi connectivity index (χ1) is 13.1. The van der Waals surface area contributed by atoms with Gasteiger partial charge in [-0.2, -0.15) is 0 Å². The first-order valence-corrected chi connectivity index (χ1v) is 9.11. The SMILES string of the molecule is O=C(N[C@H](Cc1ccccc1)C(=O)N[C@@H]1CCCNC1=O)c1ccccc1. The minimum atomic E-state index is -0.769. The van der Waals surface area contributed by atoms with Crippen LogP contribution in [0.25, 0.3) is 0 Å². The molecule has 140 valence electrons. The molecule has 0 bridgehead atoms. The van der Waals surface area contributed by atoms with Gasteiger partial charge in [0.05, 0.1) is 0 Å². The van der Waals surface area contributed by atoms with Crippen LogP contribution in [0, 0.1) is 0 Å². The van der Waals surface area contributed by atoms with Crippen LogP contribution < -0.4 is 16.0 Å². The molecule has 1 aliphatic rings. The summed E-state index contributed by atoms with van der Waals surface area (Å²) in [5.74, 6) is -0.854. The number of piperidine rings is 1. The summed E-state index contributed by atoms with van der Waals surface area (Å²) < 4.78 is 0. The standard InChI is InChI=1S/C21H23N3O3/c25-19(16-10-5-2-6-11-16)24-18(14-15-8-3-1-4-9-15)21(27)23-17-12-7-13-22-20(17)26/h1-6,8-11,17-18H,7,12-14H2,(H,22,26)(H,23,27)(H,24,25)/t17-,18-/m1/s1. The average molecular weight is 365 g/mol. The lowest BCUT2D eigenvalue weighted by atomic mass is 10.0. The van der Waals surface area contributed by atoms with Crippen molar-refractivity contribution in [3.63, 3.8) is 0 Å². The number of nitrogens with one attached hydrogen (secondary N) is 3. The molecule has 2 aromatic carbocycles. The Kier molecular flexibility index (Phi) is 6.20. The number of carbonyl (C=O) groups is 3. The molecule has 0 unspecified atom stereocenters. The number of hydrogen-bond donors (Lipinski definition) is 3. The molecular weight excluding hydrogens is 342 g/mol. The van der Waals surface area contributed by atoms with E-state index in [0.717, 1.165) is 12.0 Å². The van der Waals surface area contributed by atoms with E-state index in [2.05, 4.69) is 16.0 Å². The van der Waals surface area contributed by atoms with E-state index in [1.807, 2.05) is 36.4 Å². The molecule has 0 saturated carbocycles. The van der Waals surface area contributed by atoms with Gasteiger partial charge in [-0.05, 0) is 30.5 Å². The summed E-state index contributed by atoms with van der Waals surface area (Å²) in [5.41, 5.74) is 1.41. The second-order valence-electron chi connectivity index (χ2n) is 6.58. The average Bonchev–Trinajstić information content (AvgIpc) is 2.70. The summed E-state index contributed by atoms with van der Waals surface area (Å²) in [6.45, 7) is 0.628. The van der Waals surface area contributed by atoms with Gasteiger partial charge in [-0.15, -0.1) is 0 Å². The van der Waals surface area contributed by atoms with E-state index in [1.54, 1.807) is 24.3 Å². The van der Waals surface area contributed by atoms with Crippen LogP contribution in [0.4, 0.5) is 0 Å². The number of rotatable bonds is 6. The molecule has 6 heteroatoms.